The van der Waals surface area contributed by atoms with Crippen molar-refractivity contribution in [1.29, 1.82) is 0 Å². The molecule has 0 spiro atoms. The van der Waals surface area contributed by atoms with Gasteiger partial charge in [-0.1, -0.05) is 23.4 Å². The van der Waals surface area contributed by atoms with Gasteiger partial charge in [0.1, 0.15) is 6.04 Å². The second-order valence-corrected chi connectivity index (χ2v) is 6.58. The Bertz CT molecular complexity index is 719. The Labute approximate surface area is 157 Å². The lowest BCUT2D eigenvalue weighted by Crippen LogP contribution is -2.36. The van der Waals surface area contributed by atoms with Gasteiger partial charge in [0.05, 0.1) is 6.42 Å². The molecule has 2 fully saturated rings. The minimum atomic E-state index is -0.161. The summed E-state index contributed by atoms with van der Waals surface area (Å²) in [7, 11) is 0. The van der Waals surface area contributed by atoms with Crippen molar-refractivity contribution in [2.45, 2.75) is 31.3 Å². The summed E-state index contributed by atoms with van der Waals surface area (Å²) in [5.74, 6) is 1.39. The fourth-order valence-electron chi connectivity index (χ4n) is 3.42. The molecule has 2 saturated heterocycles. The Kier molecular flexibility index (Phi) is 6.20. The zero-order valence-corrected chi connectivity index (χ0v) is 15.1. The van der Waals surface area contributed by atoms with Crippen LogP contribution in [0, 0.1) is 5.92 Å². The van der Waals surface area contributed by atoms with Crippen LogP contribution in [0.15, 0.2) is 34.9 Å². The molecular formula is C17H23ClN6O2. The van der Waals surface area contributed by atoms with E-state index in [4.69, 9.17) is 4.52 Å². The Morgan fingerprint density at radius 1 is 1.27 bits per heavy atom. The number of hydrogen-bond acceptors (Lipinski definition) is 7. The van der Waals surface area contributed by atoms with Crippen LogP contribution in [-0.2, 0) is 11.2 Å². The van der Waals surface area contributed by atoms with E-state index in [9.17, 15) is 4.79 Å². The molecule has 2 aliphatic rings. The van der Waals surface area contributed by atoms with Crippen LogP contribution in [0.25, 0.3) is 0 Å². The largest absolute Gasteiger partial charge is 0.338 e. The van der Waals surface area contributed by atoms with E-state index < -0.39 is 0 Å². The minimum absolute atomic E-state index is 0. The topological polar surface area (TPSA) is 104 Å². The Morgan fingerprint density at radius 3 is 2.88 bits per heavy atom. The second kappa shape index (κ2) is 8.59. The van der Waals surface area contributed by atoms with Crippen LogP contribution in [0.5, 0.6) is 0 Å². The maximum absolute atomic E-state index is 12.1. The molecule has 8 nitrogen and oxygen atoms in total. The van der Waals surface area contributed by atoms with Crippen molar-refractivity contribution in [3.05, 3.63) is 42.0 Å². The SMILES string of the molecule is Cl.O=C(Cc1noc(C2CC(C3CCNC3)NN2)n1)Nc1ccccc1. The van der Waals surface area contributed by atoms with E-state index in [0.717, 1.165) is 25.2 Å². The summed E-state index contributed by atoms with van der Waals surface area (Å²) in [5, 5.41) is 10.1. The third-order valence-corrected chi connectivity index (χ3v) is 4.76. The first-order valence-corrected chi connectivity index (χ1v) is 8.67. The normalized spacial score (nSPS) is 25.0. The van der Waals surface area contributed by atoms with Gasteiger partial charge in [-0.3, -0.25) is 10.2 Å². The number of halogens is 1. The zero-order chi connectivity index (χ0) is 17.1. The monoisotopic (exact) mass is 378 g/mol. The van der Waals surface area contributed by atoms with Gasteiger partial charge in [-0.05, 0) is 44.0 Å². The van der Waals surface area contributed by atoms with Crippen LogP contribution in [0.3, 0.4) is 0 Å². The first-order chi connectivity index (χ1) is 12.3. The van der Waals surface area contributed by atoms with Gasteiger partial charge in [-0.25, -0.2) is 5.43 Å². The molecule has 0 saturated carbocycles. The molecule has 3 heterocycles. The van der Waals surface area contributed by atoms with Gasteiger partial charge in [0.25, 0.3) is 0 Å². The molecule has 26 heavy (non-hydrogen) atoms. The fraction of sp³-hybridized carbons (Fsp3) is 0.471. The molecule has 3 unspecified atom stereocenters. The van der Waals surface area contributed by atoms with Gasteiger partial charge in [0, 0.05) is 11.7 Å². The third-order valence-electron chi connectivity index (χ3n) is 4.76. The Hall–Kier alpha value is -2.00. The molecule has 2 aliphatic heterocycles. The second-order valence-electron chi connectivity index (χ2n) is 6.58. The minimum Gasteiger partial charge on any atom is -0.338 e. The lowest BCUT2D eigenvalue weighted by atomic mass is 9.95. The van der Waals surface area contributed by atoms with E-state index in [2.05, 4.69) is 31.6 Å². The molecule has 0 aliphatic carbocycles. The van der Waals surface area contributed by atoms with Crippen molar-refractivity contribution in [3.8, 4) is 0 Å². The van der Waals surface area contributed by atoms with Gasteiger partial charge < -0.3 is 15.2 Å². The van der Waals surface area contributed by atoms with Gasteiger partial charge in [0.2, 0.25) is 11.8 Å². The maximum atomic E-state index is 12.1. The maximum Gasteiger partial charge on any atom is 0.245 e. The van der Waals surface area contributed by atoms with Crippen LogP contribution in [0.2, 0.25) is 0 Å². The summed E-state index contributed by atoms with van der Waals surface area (Å²) in [6.45, 7) is 2.12. The summed E-state index contributed by atoms with van der Waals surface area (Å²) in [6, 6.07) is 9.71. The molecule has 4 N–H and O–H groups in total. The lowest BCUT2D eigenvalue weighted by molar-refractivity contribution is -0.115. The number of benzene rings is 1. The van der Waals surface area contributed by atoms with Gasteiger partial charge in [-0.2, -0.15) is 4.98 Å². The fourth-order valence-corrected chi connectivity index (χ4v) is 3.42. The highest BCUT2D eigenvalue weighted by Crippen LogP contribution is 2.27. The van der Waals surface area contributed by atoms with Crippen molar-refractivity contribution in [3.63, 3.8) is 0 Å². The highest BCUT2D eigenvalue weighted by Gasteiger charge is 2.35. The predicted molar refractivity (Wildman–Crippen MR) is 98.7 cm³/mol. The number of nitrogens with one attached hydrogen (secondary N) is 4. The van der Waals surface area contributed by atoms with Crippen molar-refractivity contribution in [2.75, 3.05) is 18.4 Å². The number of carbonyl (C=O) groups is 1. The first-order valence-electron chi connectivity index (χ1n) is 8.67. The summed E-state index contributed by atoms with van der Waals surface area (Å²) in [4.78, 5) is 16.4. The first kappa shape index (κ1) is 18.8. The average molecular weight is 379 g/mol. The molecule has 9 heteroatoms. The van der Waals surface area contributed by atoms with Crippen LogP contribution in [-0.4, -0.2) is 35.2 Å². The molecule has 0 bridgehead atoms. The van der Waals surface area contributed by atoms with E-state index in [1.54, 1.807) is 0 Å². The van der Waals surface area contributed by atoms with E-state index in [0.29, 0.717) is 23.7 Å². The molecule has 1 amide bonds. The molecule has 1 aromatic carbocycles. The van der Waals surface area contributed by atoms with Crippen LogP contribution in [0.4, 0.5) is 5.69 Å². The number of aromatic nitrogens is 2. The highest BCUT2D eigenvalue weighted by molar-refractivity contribution is 5.91. The highest BCUT2D eigenvalue weighted by atomic mass is 35.5. The number of amides is 1. The number of carbonyl (C=O) groups excluding carboxylic acids is 1. The van der Waals surface area contributed by atoms with E-state index in [1.165, 1.54) is 6.42 Å². The van der Waals surface area contributed by atoms with Crippen molar-refractivity contribution in [1.82, 2.24) is 26.3 Å². The van der Waals surface area contributed by atoms with Gasteiger partial charge in [0.15, 0.2) is 5.82 Å². The Balaban J connectivity index is 0.00000196. The molecular weight excluding hydrogens is 356 g/mol. The van der Waals surface area contributed by atoms with E-state index in [-0.39, 0.29) is 30.8 Å². The molecule has 0 radical (unpaired) electrons. The predicted octanol–water partition coefficient (Wildman–Crippen LogP) is 1.19. The van der Waals surface area contributed by atoms with Gasteiger partial charge >= 0.3 is 0 Å². The number of nitrogens with zero attached hydrogens (tertiary/aromatic N) is 2. The summed E-state index contributed by atoms with van der Waals surface area (Å²) in [5.41, 5.74) is 7.32. The number of rotatable bonds is 5. The summed E-state index contributed by atoms with van der Waals surface area (Å²) in [6.07, 6.45) is 2.18. The standard InChI is InChI=1S/C17H22N6O2.ClH/c24-16(19-12-4-2-1-3-5-12)9-15-20-17(25-23-15)14-8-13(21-22-14)11-6-7-18-10-11;/h1-5,11,13-14,18,21-22H,6-10H2,(H,19,24);1H. The van der Waals surface area contributed by atoms with E-state index >= 15 is 0 Å². The van der Waals surface area contributed by atoms with Gasteiger partial charge in [-0.15, -0.1) is 12.4 Å². The van der Waals surface area contributed by atoms with Crippen LogP contribution in [0.1, 0.15) is 30.6 Å². The summed E-state index contributed by atoms with van der Waals surface area (Å²) < 4.78 is 5.35. The number of hydrogen-bond donors (Lipinski definition) is 4. The van der Waals surface area contributed by atoms with Crippen molar-refractivity contribution in [2.24, 2.45) is 5.92 Å². The van der Waals surface area contributed by atoms with Crippen molar-refractivity contribution < 1.29 is 9.32 Å². The third kappa shape index (κ3) is 4.39. The quantitative estimate of drug-likeness (QED) is 0.619. The summed E-state index contributed by atoms with van der Waals surface area (Å²) >= 11 is 0. The number of anilines is 1. The molecule has 1 aromatic heterocycles. The molecule has 4 rings (SSSR count). The van der Waals surface area contributed by atoms with Crippen LogP contribution < -0.4 is 21.5 Å². The zero-order valence-electron chi connectivity index (χ0n) is 14.3. The smallest absolute Gasteiger partial charge is 0.245 e. The molecule has 140 valence electrons. The molecule has 2 aromatic rings. The number of hydrazine groups is 1. The van der Waals surface area contributed by atoms with Crippen molar-refractivity contribution >= 4 is 24.0 Å². The lowest BCUT2D eigenvalue weighted by Gasteiger charge is -2.15. The Morgan fingerprint density at radius 2 is 2.12 bits per heavy atom. The average Bonchev–Trinajstić information content (AvgIpc) is 3.36. The number of para-hydroxylation sites is 1. The van der Waals surface area contributed by atoms with Crippen LogP contribution >= 0.6 is 12.4 Å². The van der Waals surface area contributed by atoms with E-state index in [1.807, 2.05) is 30.3 Å². The molecule has 3 atom stereocenters.